The Labute approximate surface area is 267 Å². The molecule has 4 heteroatoms. The van der Waals surface area contributed by atoms with Crippen molar-refractivity contribution in [3.8, 4) is 11.1 Å². The van der Waals surface area contributed by atoms with Gasteiger partial charge in [-0.15, -0.1) is 0 Å². The second-order valence-electron chi connectivity index (χ2n) is 11.6. The molecule has 0 unspecified atom stereocenters. The van der Waals surface area contributed by atoms with E-state index in [1.807, 2.05) is 30.3 Å². The van der Waals surface area contributed by atoms with Gasteiger partial charge in [-0.25, -0.2) is 9.98 Å². The predicted molar refractivity (Wildman–Crippen MR) is 194 cm³/mol. The van der Waals surface area contributed by atoms with E-state index in [0.29, 0.717) is 18.2 Å². The van der Waals surface area contributed by atoms with Gasteiger partial charge in [-0.2, -0.15) is 0 Å². The van der Waals surface area contributed by atoms with Crippen LogP contribution in [0.25, 0.3) is 54.6 Å². The quantitative estimate of drug-likeness (QED) is 0.145. The normalized spacial score (nSPS) is 14.0. The van der Waals surface area contributed by atoms with Crippen molar-refractivity contribution in [3.05, 3.63) is 156 Å². The molecule has 1 aliphatic rings. The lowest BCUT2D eigenvalue weighted by Gasteiger charge is -2.11. The van der Waals surface area contributed by atoms with Crippen molar-refractivity contribution in [3.63, 3.8) is 0 Å². The van der Waals surface area contributed by atoms with Crippen LogP contribution in [0.2, 0.25) is 0 Å². The fourth-order valence-corrected chi connectivity index (χ4v) is 6.36. The summed E-state index contributed by atoms with van der Waals surface area (Å²) < 4.78 is 6.57. The van der Waals surface area contributed by atoms with Gasteiger partial charge in [-0.3, -0.25) is 4.99 Å². The second kappa shape index (κ2) is 11.9. The zero-order valence-corrected chi connectivity index (χ0v) is 25.4. The molecule has 0 aliphatic heterocycles. The van der Waals surface area contributed by atoms with Gasteiger partial charge in [0.05, 0.1) is 6.54 Å². The van der Waals surface area contributed by atoms with E-state index >= 15 is 0 Å². The number of nitrogens with zero attached hydrogens (tertiary/aromatic N) is 3. The van der Waals surface area contributed by atoms with Gasteiger partial charge < -0.3 is 4.42 Å². The van der Waals surface area contributed by atoms with E-state index < -0.39 is 0 Å². The summed E-state index contributed by atoms with van der Waals surface area (Å²) in [6, 6.07) is 42.2. The van der Waals surface area contributed by atoms with Crippen LogP contribution in [0.15, 0.2) is 165 Å². The maximum atomic E-state index is 6.57. The lowest BCUT2D eigenvalue weighted by Crippen LogP contribution is -2.07. The number of benzene rings is 6. The first kappa shape index (κ1) is 27.7. The summed E-state index contributed by atoms with van der Waals surface area (Å²) >= 11 is 0. The monoisotopic (exact) mass is 593 g/mol. The van der Waals surface area contributed by atoms with Crippen molar-refractivity contribution in [2.24, 2.45) is 15.0 Å². The highest BCUT2D eigenvalue weighted by Gasteiger charge is 2.17. The van der Waals surface area contributed by atoms with Gasteiger partial charge in [0.15, 0.2) is 11.7 Å². The molecule has 220 valence electrons. The molecule has 1 aliphatic carbocycles. The average Bonchev–Trinajstić information content (AvgIpc) is 3.52. The lowest BCUT2D eigenvalue weighted by molar-refractivity contribution is 0.669. The van der Waals surface area contributed by atoms with E-state index in [2.05, 4.69) is 121 Å². The van der Waals surface area contributed by atoms with E-state index in [4.69, 9.17) is 14.4 Å². The molecular weight excluding hydrogens is 562 g/mol. The van der Waals surface area contributed by atoms with Crippen molar-refractivity contribution in [2.75, 3.05) is 0 Å². The summed E-state index contributed by atoms with van der Waals surface area (Å²) in [5.74, 6) is 1.20. The number of fused-ring (bicyclic) bond motifs is 5. The average molecular weight is 594 g/mol. The van der Waals surface area contributed by atoms with Gasteiger partial charge in [0.1, 0.15) is 11.2 Å². The van der Waals surface area contributed by atoms with Crippen molar-refractivity contribution < 1.29 is 4.42 Å². The molecule has 1 aromatic heterocycles. The first-order valence-corrected chi connectivity index (χ1v) is 15.6. The minimum atomic E-state index is 0.435. The van der Waals surface area contributed by atoms with Gasteiger partial charge in [-0.1, -0.05) is 121 Å². The molecule has 0 saturated carbocycles. The summed E-state index contributed by atoms with van der Waals surface area (Å²) in [5, 5.41) is 6.88. The minimum Gasteiger partial charge on any atom is -0.455 e. The van der Waals surface area contributed by atoms with E-state index in [9.17, 15) is 0 Å². The highest BCUT2D eigenvalue weighted by Crippen LogP contribution is 2.39. The van der Waals surface area contributed by atoms with Crippen LogP contribution in [0.3, 0.4) is 0 Å². The third kappa shape index (κ3) is 5.14. The third-order valence-electron chi connectivity index (χ3n) is 8.69. The Hall–Kier alpha value is -5.87. The minimum absolute atomic E-state index is 0.435. The fraction of sp³-hybridized carbons (Fsp3) is 0.0714. The number of allylic oxidation sites excluding steroid dienone is 2. The SMILES string of the molecule is C=N/C(=N\C(=N/Cc1ccc(-c2ccc3ccccc3c2)c2oc3ccccc3c12)C1=CCCC=C1)c1ccc2ccccc2c1. The molecule has 0 atom stereocenters. The molecule has 0 amide bonds. The molecule has 0 spiro atoms. The highest BCUT2D eigenvalue weighted by molar-refractivity contribution is 6.15. The number of furan rings is 1. The van der Waals surface area contributed by atoms with Crippen LogP contribution in [-0.2, 0) is 6.54 Å². The van der Waals surface area contributed by atoms with Crippen LogP contribution < -0.4 is 0 Å². The Balaban J connectivity index is 1.25. The maximum Gasteiger partial charge on any atom is 0.161 e. The Kier molecular flexibility index (Phi) is 7.16. The lowest BCUT2D eigenvalue weighted by atomic mass is 9.96. The van der Waals surface area contributed by atoms with Gasteiger partial charge in [0.2, 0.25) is 0 Å². The van der Waals surface area contributed by atoms with Gasteiger partial charge in [0.25, 0.3) is 0 Å². The maximum absolute atomic E-state index is 6.57. The fourth-order valence-electron chi connectivity index (χ4n) is 6.36. The number of aliphatic imine (C=N–C) groups is 3. The zero-order chi connectivity index (χ0) is 30.9. The molecule has 1 heterocycles. The first-order chi connectivity index (χ1) is 22.7. The molecule has 0 fully saturated rings. The zero-order valence-electron chi connectivity index (χ0n) is 25.4. The molecular formula is C42H31N3O. The van der Waals surface area contributed by atoms with Crippen LogP contribution >= 0.6 is 0 Å². The number of amidine groups is 2. The Morgan fingerprint density at radius 3 is 2.22 bits per heavy atom. The molecule has 0 bridgehead atoms. The van der Waals surface area contributed by atoms with Crippen LogP contribution in [0.1, 0.15) is 24.0 Å². The molecule has 46 heavy (non-hydrogen) atoms. The molecule has 0 saturated heterocycles. The molecule has 0 N–H and O–H groups in total. The van der Waals surface area contributed by atoms with Crippen LogP contribution in [0, 0.1) is 0 Å². The van der Waals surface area contributed by atoms with E-state index in [1.165, 1.54) is 16.2 Å². The van der Waals surface area contributed by atoms with Crippen molar-refractivity contribution in [2.45, 2.75) is 19.4 Å². The van der Waals surface area contributed by atoms with E-state index in [-0.39, 0.29) is 0 Å². The van der Waals surface area contributed by atoms with Crippen LogP contribution in [0.5, 0.6) is 0 Å². The van der Waals surface area contributed by atoms with Gasteiger partial charge in [0, 0.05) is 27.5 Å². The number of para-hydroxylation sites is 1. The number of hydrogen-bond donors (Lipinski definition) is 0. The van der Waals surface area contributed by atoms with E-state index in [0.717, 1.165) is 68.0 Å². The standard InChI is InChI=1S/C42H31N3O/c1-43-41(34-22-20-29-12-6-8-16-32(29)26-34)45-42(30-13-3-2-4-14-30)44-27-35-23-24-36(33-21-19-28-11-5-7-15-31(28)25-33)40-39(35)37-17-9-10-18-38(37)46-40/h3,5-26H,1-2,4,27H2/b44-42-,45-41-. The summed E-state index contributed by atoms with van der Waals surface area (Å²) in [4.78, 5) is 14.5. The summed E-state index contributed by atoms with van der Waals surface area (Å²) in [6.45, 7) is 4.31. The molecule has 0 radical (unpaired) electrons. The Bertz CT molecular complexity index is 2420. The van der Waals surface area contributed by atoms with E-state index in [1.54, 1.807) is 0 Å². The number of hydrogen-bond acceptors (Lipinski definition) is 2. The molecule has 6 aromatic carbocycles. The topological polar surface area (TPSA) is 50.2 Å². The smallest absolute Gasteiger partial charge is 0.161 e. The van der Waals surface area contributed by atoms with Crippen LogP contribution in [-0.4, -0.2) is 18.4 Å². The first-order valence-electron chi connectivity index (χ1n) is 15.6. The Morgan fingerprint density at radius 1 is 0.696 bits per heavy atom. The summed E-state index contributed by atoms with van der Waals surface area (Å²) in [6.07, 6.45) is 8.45. The van der Waals surface area contributed by atoms with Crippen molar-refractivity contribution in [1.82, 2.24) is 0 Å². The van der Waals surface area contributed by atoms with Gasteiger partial charge >= 0.3 is 0 Å². The Morgan fingerprint density at radius 2 is 1.43 bits per heavy atom. The van der Waals surface area contributed by atoms with Crippen molar-refractivity contribution in [1.29, 1.82) is 0 Å². The molecule has 7 aromatic rings. The predicted octanol–water partition coefficient (Wildman–Crippen LogP) is 10.9. The third-order valence-corrected chi connectivity index (χ3v) is 8.69. The molecule has 8 rings (SSSR count). The summed E-state index contributed by atoms with van der Waals surface area (Å²) in [5.41, 5.74) is 6.90. The number of rotatable bonds is 5. The molecule has 4 nitrogen and oxygen atoms in total. The van der Waals surface area contributed by atoms with Gasteiger partial charge in [-0.05, 0) is 70.4 Å². The summed E-state index contributed by atoms with van der Waals surface area (Å²) in [7, 11) is 0. The van der Waals surface area contributed by atoms with Crippen molar-refractivity contribution >= 4 is 61.9 Å². The van der Waals surface area contributed by atoms with Crippen LogP contribution in [0.4, 0.5) is 0 Å². The highest BCUT2D eigenvalue weighted by atomic mass is 16.3. The second-order valence-corrected chi connectivity index (χ2v) is 11.6. The largest absolute Gasteiger partial charge is 0.455 e.